The number of aliphatic hydroxyl groups excluding tert-OH is 1. The molecule has 0 aromatic heterocycles. The van der Waals surface area contributed by atoms with Crippen LogP contribution in [0.2, 0.25) is 0 Å². The van der Waals surface area contributed by atoms with E-state index in [0.29, 0.717) is 32.0 Å². The molecule has 0 aliphatic carbocycles. The van der Waals surface area contributed by atoms with Crippen molar-refractivity contribution in [2.45, 2.75) is 50.4 Å². The van der Waals surface area contributed by atoms with Gasteiger partial charge in [-0.2, -0.15) is 0 Å². The largest absolute Gasteiger partial charge is 0.390 e. The van der Waals surface area contributed by atoms with E-state index in [0.717, 1.165) is 11.4 Å². The monoisotopic (exact) mass is 569 g/mol. The fourth-order valence-electron chi connectivity index (χ4n) is 4.95. The highest BCUT2D eigenvalue weighted by Gasteiger charge is 2.29. The number of non-ortho nitro benzene ring substituents is 1. The Morgan fingerprint density at radius 2 is 1.22 bits per heavy atom. The first kappa shape index (κ1) is 30.5. The average molecular weight is 570 g/mol. The molecule has 2 atom stereocenters. The van der Waals surface area contributed by atoms with Crippen LogP contribution in [0.15, 0.2) is 120 Å². The smallest absolute Gasteiger partial charge is 0.269 e. The summed E-state index contributed by atoms with van der Waals surface area (Å²) in [5.74, 6) is 0.380. The van der Waals surface area contributed by atoms with Gasteiger partial charge in [-0.15, -0.1) is 0 Å². The van der Waals surface area contributed by atoms with Crippen LogP contribution in [0.25, 0.3) is 0 Å². The molecule has 1 N–H and O–H groups in total. The zero-order chi connectivity index (χ0) is 29.0. The Balaban J connectivity index is 1.62. The maximum Gasteiger partial charge on any atom is 0.269 e. The topological polar surface area (TPSA) is 69.8 Å². The number of benzene rings is 4. The Morgan fingerprint density at radius 1 is 0.732 bits per heavy atom. The highest BCUT2D eigenvalue weighted by atomic mass is 32.2. The predicted molar refractivity (Wildman–Crippen MR) is 167 cm³/mol. The second-order valence-corrected chi connectivity index (χ2v) is 12.0. The van der Waals surface area contributed by atoms with Gasteiger partial charge in [0.05, 0.1) is 11.0 Å². The van der Waals surface area contributed by atoms with Crippen LogP contribution in [0, 0.1) is 16.0 Å². The summed E-state index contributed by atoms with van der Waals surface area (Å²) in [4.78, 5) is 14.1. The number of nitro benzene ring substituents is 1. The van der Waals surface area contributed by atoms with E-state index in [1.807, 2.05) is 30.3 Å². The van der Waals surface area contributed by atoms with E-state index in [1.54, 1.807) is 24.1 Å². The van der Waals surface area contributed by atoms with Crippen LogP contribution in [0.4, 0.5) is 5.69 Å². The van der Waals surface area contributed by atoms with Crippen molar-refractivity contribution in [2.24, 2.45) is 5.92 Å². The minimum atomic E-state index is -0.646. The van der Waals surface area contributed by atoms with Crippen LogP contribution in [-0.2, 0) is 19.5 Å². The highest BCUT2D eigenvalue weighted by molar-refractivity contribution is 7.97. The van der Waals surface area contributed by atoms with Crippen molar-refractivity contribution in [3.05, 3.63) is 142 Å². The van der Waals surface area contributed by atoms with E-state index in [4.69, 9.17) is 0 Å². The fourth-order valence-corrected chi connectivity index (χ4v) is 6.11. The molecule has 41 heavy (non-hydrogen) atoms. The SMILES string of the molecule is CC(C)CN(CC(O)C(Cc1ccccc1)N(Cc1ccccc1)Cc1ccccc1)Sc1ccc([N+](=O)[O-])cc1. The Morgan fingerprint density at radius 3 is 1.68 bits per heavy atom. The van der Waals surface area contributed by atoms with Gasteiger partial charge in [0.2, 0.25) is 0 Å². The highest BCUT2D eigenvalue weighted by Crippen LogP contribution is 2.28. The first-order chi connectivity index (χ1) is 19.9. The molecule has 0 amide bonds. The van der Waals surface area contributed by atoms with Crippen molar-refractivity contribution >= 4 is 17.6 Å². The Hall–Kier alpha value is -3.49. The fraction of sp³-hybridized carbons (Fsp3) is 0.294. The van der Waals surface area contributed by atoms with Crippen LogP contribution < -0.4 is 0 Å². The lowest BCUT2D eigenvalue weighted by molar-refractivity contribution is -0.384. The molecule has 2 unspecified atom stereocenters. The van der Waals surface area contributed by atoms with Crippen LogP contribution in [0.3, 0.4) is 0 Å². The summed E-state index contributed by atoms with van der Waals surface area (Å²) < 4.78 is 2.19. The van der Waals surface area contributed by atoms with E-state index in [2.05, 4.69) is 83.7 Å². The lowest BCUT2D eigenvalue weighted by Crippen LogP contribution is -2.48. The van der Waals surface area contributed by atoms with Crippen LogP contribution in [0.1, 0.15) is 30.5 Å². The number of nitro groups is 1. The van der Waals surface area contributed by atoms with Crippen molar-refractivity contribution in [1.82, 2.24) is 9.21 Å². The number of rotatable bonds is 15. The first-order valence-corrected chi connectivity index (χ1v) is 14.9. The Kier molecular flexibility index (Phi) is 11.5. The maximum atomic E-state index is 12.0. The molecular formula is C34H39N3O3S. The molecule has 0 aliphatic heterocycles. The second-order valence-electron chi connectivity index (χ2n) is 10.8. The third kappa shape index (κ3) is 9.83. The molecule has 0 saturated carbocycles. The summed E-state index contributed by atoms with van der Waals surface area (Å²) in [6.45, 7) is 6.97. The Bertz CT molecular complexity index is 1280. The summed E-state index contributed by atoms with van der Waals surface area (Å²) in [5.41, 5.74) is 3.66. The molecule has 0 radical (unpaired) electrons. The van der Waals surface area contributed by atoms with E-state index >= 15 is 0 Å². The van der Waals surface area contributed by atoms with Crippen molar-refractivity contribution < 1.29 is 10.0 Å². The van der Waals surface area contributed by atoms with E-state index < -0.39 is 6.10 Å². The molecule has 0 fully saturated rings. The third-order valence-electron chi connectivity index (χ3n) is 6.90. The van der Waals surface area contributed by atoms with Crippen molar-refractivity contribution in [1.29, 1.82) is 0 Å². The molecule has 7 heteroatoms. The molecule has 6 nitrogen and oxygen atoms in total. The molecule has 0 bridgehead atoms. The average Bonchev–Trinajstić information content (AvgIpc) is 2.97. The quantitative estimate of drug-likeness (QED) is 0.0925. The molecule has 0 spiro atoms. The molecule has 0 saturated heterocycles. The minimum absolute atomic E-state index is 0.0742. The van der Waals surface area contributed by atoms with Crippen LogP contribution in [-0.4, -0.2) is 44.5 Å². The molecular weight excluding hydrogens is 530 g/mol. The van der Waals surface area contributed by atoms with E-state index in [9.17, 15) is 15.2 Å². The lowest BCUT2D eigenvalue weighted by atomic mass is 9.97. The van der Waals surface area contributed by atoms with Gasteiger partial charge in [-0.1, -0.05) is 105 Å². The molecule has 4 rings (SSSR count). The van der Waals surface area contributed by atoms with Gasteiger partial charge in [0.15, 0.2) is 0 Å². The van der Waals surface area contributed by atoms with Gasteiger partial charge in [0.25, 0.3) is 5.69 Å². The van der Waals surface area contributed by atoms with Crippen molar-refractivity contribution in [2.75, 3.05) is 13.1 Å². The van der Waals surface area contributed by atoms with Crippen LogP contribution >= 0.6 is 11.9 Å². The third-order valence-corrected chi connectivity index (χ3v) is 7.94. The summed E-state index contributed by atoms with van der Waals surface area (Å²) in [7, 11) is 0. The number of nitrogens with zero attached hydrogens (tertiary/aromatic N) is 3. The van der Waals surface area contributed by atoms with Gasteiger partial charge >= 0.3 is 0 Å². The number of hydrogen-bond donors (Lipinski definition) is 1. The van der Waals surface area contributed by atoms with Crippen LogP contribution in [0.5, 0.6) is 0 Å². The van der Waals surface area contributed by atoms with Crippen molar-refractivity contribution in [3.63, 3.8) is 0 Å². The summed E-state index contributed by atoms with van der Waals surface area (Å²) in [5, 5.41) is 23.1. The Labute approximate surface area is 247 Å². The molecule has 214 valence electrons. The maximum absolute atomic E-state index is 12.0. The van der Waals surface area contributed by atoms with Crippen molar-refractivity contribution in [3.8, 4) is 0 Å². The van der Waals surface area contributed by atoms with E-state index in [1.165, 1.54) is 28.8 Å². The van der Waals surface area contributed by atoms with Gasteiger partial charge in [-0.25, -0.2) is 4.31 Å². The van der Waals surface area contributed by atoms with Gasteiger partial charge in [0.1, 0.15) is 0 Å². The predicted octanol–water partition coefficient (Wildman–Crippen LogP) is 7.23. The lowest BCUT2D eigenvalue weighted by Gasteiger charge is -2.37. The van der Waals surface area contributed by atoms with Gasteiger partial charge < -0.3 is 5.11 Å². The van der Waals surface area contributed by atoms with Gasteiger partial charge in [-0.3, -0.25) is 15.0 Å². The first-order valence-electron chi connectivity index (χ1n) is 14.1. The minimum Gasteiger partial charge on any atom is -0.390 e. The van der Waals surface area contributed by atoms with E-state index in [-0.39, 0.29) is 16.7 Å². The summed E-state index contributed by atoms with van der Waals surface area (Å²) in [6.07, 6.45) is 0.0614. The normalized spacial score (nSPS) is 13.0. The summed E-state index contributed by atoms with van der Waals surface area (Å²) >= 11 is 1.54. The summed E-state index contributed by atoms with van der Waals surface area (Å²) in [6, 6.07) is 37.7. The molecule has 0 heterocycles. The standard InChI is InChI=1S/C34H39N3O3S/c1-27(2)23-36(41-32-20-18-31(19-21-32)37(39)40)26-34(38)33(22-28-12-6-3-7-13-28)35(24-29-14-8-4-9-15-29)25-30-16-10-5-11-17-30/h3-21,27,33-34,38H,22-26H2,1-2H3. The molecule has 4 aromatic carbocycles. The number of aliphatic hydroxyl groups is 1. The van der Waals surface area contributed by atoms with Gasteiger partial charge in [0, 0.05) is 49.2 Å². The zero-order valence-corrected chi connectivity index (χ0v) is 24.6. The second kappa shape index (κ2) is 15.5. The van der Waals surface area contributed by atoms with Gasteiger partial charge in [-0.05, 0) is 53.1 Å². The molecule has 4 aromatic rings. The zero-order valence-electron chi connectivity index (χ0n) is 23.8. The number of hydrogen-bond acceptors (Lipinski definition) is 6. The molecule has 0 aliphatic rings.